The van der Waals surface area contributed by atoms with Crippen LogP contribution >= 0.6 is 0 Å². The summed E-state index contributed by atoms with van der Waals surface area (Å²) in [6.45, 7) is 2.62. The first kappa shape index (κ1) is 24.9. The van der Waals surface area contributed by atoms with Gasteiger partial charge in [-0.15, -0.1) is 0 Å². The number of carbonyl (C=O) groups excluding carboxylic acids is 1. The molecule has 1 aliphatic heterocycles. The van der Waals surface area contributed by atoms with E-state index in [4.69, 9.17) is 0 Å². The second-order valence-electron chi connectivity index (χ2n) is 9.13. The van der Waals surface area contributed by atoms with Gasteiger partial charge in [0.25, 0.3) is 0 Å². The smallest absolute Gasteiger partial charge is 0.240 e. The molecule has 7 nitrogen and oxygen atoms in total. The number of sulfone groups is 1. The zero-order valence-electron chi connectivity index (χ0n) is 20.5. The Morgan fingerprint density at radius 3 is 2.46 bits per heavy atom. The van der Waals surface area contributed by atoms with Gasteiger partial charge >= 0.3 is 0 Å². The molecule has 37 heavy (non-hydrogen) atoms. The molecule has 1 fully saturated rings. The van der Waals surface area contributed by atoms with Crippen molar-refractivity contribution < 1.29 is 13.2 Å². The Bertz CT molecular complexity index is 1450. The number of piperazine rings is 1. The molecule has 1 radical (unpaired) electrons. The topological polar surface area (TPSA) is 82.6 Å². The van der Waals surface area contributed by atoms with Gasteiger partial charge in [0, 0.05) is 55.0 Å². The molecule has 1 N–H and O–H groups in total. The van der Waals surface area contributed by atoms with Crippen LogP contribution < -0.4 is 10.2 Å². The van der Waals surface area contributed by atoms with Crippen molar-refractivity contribution >= 4 is 32.2 Å². The first-order chi connectivity index (χ1) is 18.0. The van der Waals surface area contributed by atoms with Gasteiger partial charge in [-0.1, -0.05) is 54.6 Å². The fourth-order valence-corrected chi connectivity index (χ4v) is 6.12. The van der Waals surface area contributed by atoms with Crippen LogP contribution in [0.15, 0.2) is 96.2 Å². The standard InChI is InChI=1S/C29H29N4O3S/c34-29(33-18-16-32(17-19-33)25-11-5-2-6-12-25)27(20-23-8-3-1-4-9-23)31-22-37(35,36)28-13-7-10-24-21-30-15-14-26(24)28/h2-15,21,27,31H,16-20,22H2/t27-/m0/s1. The Hall–Kier alpha value is -3.75. The van der Waals surface area contributed by atoms with Crippen LogP contribution in [0.3, 0.4) is 0 Å². The third kappa shape index (κ3) is 5.81. The number of nitrogens with one attached hydrogen (secondary N) is 1. The van der Waals surface area contributed by atoms with Crippen molar-refractivity contribution in [1.29, 1.82) is 0 Å². The third-order valence-electron chi connectivity index (χ3n) is 6.73. The summed E-state index contributed by atoms with van der Waals surface area (Å²) in [5.41, 5.74) is 2.09. The first-order valence-corrected chi connectivity index (χ1v) is 14.0. The van der Waals surface area contributed by atoms with Gasteiger partial charge in [-0.2, -0.15) is 0 Å². The summed E-state index contributed by atoms with van der Waals surface area (Å²) in [4.78, 5) is 22.1. The van der Waals surface area contributed by atoms with Crippen LogP contribution in [0.1, 0.15) is 5.56 Å². The van der Waals surface area contributed by atoms with Gasteiger partial charge in [-0.25, -0.2) is 8.42 Å². The average molecular weight is 514 g/mol. The molecule has 8 heteroatoms. The summed E-state index contributed by atoms with van der Waals surface area (Å²) in [6, 6.07) is 26.7. The molecule has 2 heterocycles. The summed E-state index contributed by atoms with van der Waals surface area (Å²) in [7, 11) is -3.71. The number of aromatic nitrogens is 1. The molecular formula is C29H29N4O3S. The van der Waals surface area contributed by atoms with Crippen molar-refractivity contribution in [2.75, 3.05) is 37.0 Å². The van der Waals surface area contributed by atoms with Crippen LogP contribution in [0.2, 0.25) is 0 Å². The second kappa shape index (κ2) is 11.1. The van der Waals surface area contributed by atoms with Gasteiger partial charge < -0.3 is 9.80 Å². The third-order valence-corrected chi connectivity index (χ3v) is 8.31. The fourth-order valence-electron chi connectivity index (χ4n) is 4.74. The summed E-state index contributed by atoms with van der Waals surface area (Å²) in [5, 5.41) is 4.47. The van der Waals surface area contributed by atoms with E-state index in [9.17, 15) is 13.2 Å². The molecule has 5 rings (SSSR count). The van der Waals surface area contributed by atoms with Gasteiger partial charge in [0.05, 0.1) is 10.9 Å². The van der Waals surface area contributed by atoms with Gasteiger partial charge in [-0.05, 0) is 42.3 Å². The van der Waals surface area contributed by atoms with Crippen LogP contribution in [0, 0.1) is 6.07 Å². The number of carbonyl (C=O) groups is 1. The fraction of sp³-hybridized carbons (Fsp3) is 0.241. The summed E-state index contributed by atoms with van der Waals surface area (Å²) in [5.74, 6) is -0.425. The van der Waals surface area contributed by atoms with E-state index in [2.05, 4.69) is 33.4 Å². The lowest BCUT2D eigenvalue weighted by atomic mass is 10.0. The monoisotopic (exact) mass is 513 g/mol. The van der Waals surface area contributed by atoms with Crippen LogP contribution in [0.4, 0.5) is 5.69 Å². The molecule has 0 saturated carbocycles. The van der Waals surface area contributed by atoms with Gasteiger partial charge in [0.2, 0.25) is 5.91 Å². The Morgan fingerprint density at radius 1 is 0.946 bits per heavy atom. The number of hydrogen-bond acceptors (Lipinski definition) is 6. The minimum atomic E-state index is -3.71. The maximum absolute atomic E-state index is 13.6. The summed E-state index contributed by atoms with van der Waals surface area (Å²) >= 11 is 0. The SMILES string of the molecule is O=C([C@H](Cc1cc[c]cc1)NCS(=O)(=O)c1cccc2cnccc12)N1CCN(c2ccccc2)CC1. The normalized spacial score (nSPS) is 15.0. The highest BCUT2D eigenvalue weighted by Crippen LogP contribution is 2.23. The molecule has 0 unspecified atom stereocenters. The van der Waals surface area contributed by atoms with E-state index in [1.165, 1.54) is 0 Å². The second-order valence-corrected chi connectivity index (χ2v) is 11.1. The van der Waals surface area contributed by atoms with Gasteiger partial charge in [-0.3, -0.25) is 15.1 Å². The molecular weight excluding hydrogens is 484 g/mol. The van der Waals surface area contributed by atoms with Crippen molar-refractivity contribution in [2.24, 2.45) is 0 Å². The quantitative estimate of drug-likeness (QED) is 0.389. The lowest BCUT2D eigenvalue weighted by Crippen LogP contribution is -2.55. The number of rotatable bonds is 8. The van der Waals surface area contributed by atoms with E-state index >= 15 is 0 Å². The van der Waals surface area contributed by atoms with Gasteiger partial charge in [0.15, 0.2) is 9.84 Å². The minimum Gasteiger partial charge on any atom is -0.368 e. The molecule has 0 bridgehead atoms. The number of nitrogens with zero attached hydrogens (tertiary/aromatic N) is 3. The highest BCUT2D eigenvalue weighted by Gasteiger charge is 2.29. The molecule has 0 aliphatic carbocycles. The number of amides is 1. The minimum absolute atomic E-state index is 0.0853. The summed E-state index contributed by atoms with van der Waals surface area (Å²) < 4.78 is 26.8. The van der Waals surface area contributed by atoms with E-state index in [-0.39, 0.29) is 16.7 Å². The predicted octanol–water partition coefficient (Wildman–Crippen LogP) is 3.32. The predicted molar refractivity (Wildman–Crippen MR) is 145 cm³/mol. The molecule has 3 aromatic carbocycles. The van der Waals surface area contributed by atoms with E-state index < -0.39 is 15.9 Å². The van der Waals surface area contributed by atoms with E-state index in [0.29, 0.717) is 24.9 Å². The molecule has 1 saturated heterocycles. The number of anilines is 1. The number of pyridine rings is 1. The maximum Gasteiger partial charge on any atom is 0.240 e. The average Bonchev–Trinajstić information content (AvgIpc) is 2.95. The number of hydrogen-bond donors (Lipinski definition) is 1. The van der Waals surface area contributed by atoms with Crippen molar-refractivity contribution in [2.45, 2.75) is 17.4 Å². The molecule has 0 spiro atoms. The molecule has 1 aromatic heterocycles. The maximum atomic E-state index is 13.6. The van der Waals surface area contributed by atoms with Crippen LogP contribution in [-0.4, -0.2) is 62.3 Å². The molecule has 1 aliphatic rings. The zero-order chi connectivity index (χ0) is 25.7. The largest absolute Gasteiger partial charge is 0.368 e. The van der Waals surface area contributed by atoms with Crippen molar-refractivity contribution in [1.82, 2.24) is 15.2 Å². The van der Waals surface area contributed by atoms with E-state index in [0.717, 1.165) is 29.7 Å². The highest BCUT2D eigenvalue weighted by atomic mass is 32.2. The van der Waals surface area contributed by atoms with E-state index in [1.807, 2.05) is 41.3 Å². The Balaban J connectivity index is 1.32. The van der Waals surface area contributed by atoms with Crippen molar-refractivity contribution in [3.05, 3.63) is 103 Å². The number of para-hydroxylation sites is 1. The molecule has 1 atom stereocenters. The van der Waals surface area contributed by atoms with Crippen LogP contribution in [-0.2, 0) is 21.1 Å². The Kier molecular flexibility index (Phi) is 7.48. The van der Waals surface area contributed by atoms with Crippen molar-refractivity contribution in [3.8, 4) is 0 Å². The van der Waals surface area contributed by atoms with Crippen molar-refractivity contribution in [3.63, 3.8) is 0 Å². The first-order valence-electron chi connectivity index (χ1n) is 12.3. The Morgan fingerprint density at radius 2 is 1.70 bits per heavy atom. The number of fused-ring (bicyclic) bond motifs is 1. The lowest BCUT2D eigenvalue weighted by Gasteiger charge is -2.37. The molecule has 189 valence electrons. The number of benzene rings is 3. The summed E-state index contributed by atoms with van der Waals surface area (Å²) in [6.07, 6.45) is 3.62. The highest BCUT2D eigenvalue weighted by molar-refractivity contribution is 7.91. The molecule has 4 aromatic rings. The van der Waals surface area contributed by atoms with Crippen LogP contribution in [0.25, 0.3) is 10.8 Å². The zero-order valence-corrected chi connectivity index (χ0v) is 21.3. The molecule has 1 amide bonds. The van der Waals surface area contributed by atoms with Crippen LogP contribution in [0.5, 0.6) is 0 Å². The Labute approximate surface area is 217 Å². The van der Waals surface area contributed by atoms with E-state index in [1.54, 1.807) is 42.7 Å². The van der Waals surface area contributed by atoms with Gasteiger partial charge in [0.1, 0.15) is 5.88 Å². The lowest BCUT2D eigenvalue weighted by molar-refractivity contribution is -0.133.